The molecule has 4 rings (SSSR count). The zero-order valence-corrected chi connectivity index (χ0v) is 20.4. The van der Waals surface area contributed by atoms with Crippen molar-refractivity contribution in [3.8, 4) is 11.5 Å². The van der Waals surface area contributed by atoms with E-state index in [0.717, 1.165) is 50.3 Å². The van der Waals surface area contributed by atoms with E-state index in [1.165, 1.54) is 11.1 Å². The molecular formula is C28H36N2O4. The van der Waals surface area contributed by atoms with Gasteiger partial charge in [-0.2, -0.15) is 0 Å². The molecule has 0 bridgehead atoms. The summed E-state index contributed by atoms with van der Waals surface area (Å²) in [5.74, 6) is 2.05. The lowest BCUT2D eigenvalue weighted by atomic mass is 9.94. The maximum Gasteiger partial charge on any atom is 0.225 e. The van der Waals surface area contributed by atoms with Gasteiger partial charge in [-0.25, -0.2) is 0 Å². The lowest BCUT2D eigenvalue weighted by Crippen LogP contribution is -2.47. The van der Waals surface area contributed by atoms with E-state index in [4.69, 9.17) is 9.47 Å². The van der Waals surface area contributed by atoms with Crippen LogP contribution in [0.15, 0.2) is 48.5 Å². The van der Waals surface area contributed by atoms with Crippen LogP contribution in [0.1, 0.15) is 43.2 Å². The molecule has 34 heavy (non-hydrogen) atoms. The van der Waals surface area contributed by atoms with Crippen molar-refractivity contribution >= 4 is 11.8 Å². The molecule has 0 unspecified atom stereocenters. The van der Waals surface area contributed by atoms with Gasteiger partial charge in [0.05, 0.1) is 13.0 Å². The Kier molecular flexibility index (Phi) is 8.09. The van der Waals surface area contributed by atoms with Crippen LogP contribution in [0.4, 0.5) is 0 Å². The van der Waals surface area contributed by atoms with Crippen LogP contribution >= 0.6 is 0 Å². The number of carbonyl (C=O) groups excluding carboxylic acids is 2. The number of amides is 2. The minimum Gasteiger partial charge on any atom is -0.493 e. The third-order valence-electron chi connectivity index (χ3n) is 7.06. The van der Waals surface area contributed by atoms with E-state index in [2.05, 4.69) is 26.0 Å². The van der Waals surface area contributed by atoms with Crippen LogP contribution in [-0.2, 0) is 9.59 Å². The standard InChI is InChI=1S/C28H36N2O4/c1-21-8-9-26(20-22(21)2)34-25-12-17-30(18-13-25)28(32)23-10-15-29(16-11-23)27(31)14-19-33-24-6-4-3-5-7-24/h3-9,20,23,25H,10-19H2,1-2H3. The summed E-state index contributed by atoms with van der Waals surface area (Å²) in [5, 5.41) is 0. The van der Waals surface area contributed by atoms with E-state index < -0.39 is 0 Å². The summed E-state index contributed by atoms with van der Waals surface area (Å²) >= 11 is 0. The van der Waals surface area contributed by atoms with Crippen molar-refractivity contribution in [3.05, 3.63) is 59.7 Å². The lowest BCUT2D eigenvalue weighted by molar-refractivity contribution is -0.142. The van der Waals surface area contributed by atoms with Gasteiger partial charge >= 0.3 is 0 Å². The molecule has 2 aromatic rings. The second-order valence-corrected chi connectivity index (χ2v) is 9.46. The average molecular weight is 465 g/mol. The molecule has 0 spiro atoms. The van der Waals surface area contributed by atoms with Gasteiger partial charge in [0.25, 0.3) is 0 Å². The Hall–Kier alpha value is -3.02. The van der Waals surface area contributed by atoms with Crippen molar-refractivity contribution in [2.24, 2.45) is 5.92 Å². The summed E-state index contributed by atoms with van der Waals surface area (Å²) in [4.78, 5) is 29.5. The van der Waals surface area contributed by atoms with E-state index in [-0.39, 0.29) is 23.8 Å². The van der Waals surface area contributed by atoms with Crippen molar-refractivity contribution in [1.82, 2.24) is 9.80 Å². The quantitative estimate of drug-likeness (QED) is 0.610. The molecule has 2 aliphatic heterocycles. The van der Waals surface area contributed by atoms with Crippen molar-refractivity contribution in [2.75, 3.05) is 32.8 Å². The predicted molar refractivity (Wildman–Crippen MR) is 132 cm³/mol. The van der Waals surface area contributed by atoms with Crippen molar-refractivity contribution in [3.63, 3.8) is 0 Å². The third-order valence-corrected chi connectivity index (χ3v) is 7.06. The first kappa shape index (κ1) is 24.1. The number of hydrogen-bond acceptors (Lipinski definition) is 4. The normalized spacial score (nSPS) is 17.5. The molecule has 2 saturated heterocycles. The Morgan fingerprint density at radius 1 is 0.824 bits per heavy atom. The Morgan fingerprint density at radius 2 is 1.50 bits per heavy atom. The number of nitrogens with zero attached hydrogens (tertiary/aromatic N) is 2. The lowest BCUT2D eigenvalue weighted by Gasteiger charge is -2.37. The van der Waals surface area contributed by atoms with E-state index in [9.17, 15) is 9.59 Å². The van der Waals surface area contributed by atoms with Gasteiger partial charge in [-0.15, -0.1) is 0 Å². The number of carbonyl (C=O) groups is 2. The van der Waals surface area contributed by atoms with E-state index in [0.29, 0.717) is 26.1 Å². The van der Waals surface area contributed by atoms with Gasteiger partial charge in [0.2, 0.25) is 11.8 Å². The Balaban J connectivity index is 1.16. The third kappa shape index (κ3) is 6.31. The molecule has 2 heterocycles. The average Bonchev–Trinajstić information content (AvgIpc) is 2.87. The van der Waals surface area contributed by atoms with Gasteiger partial charge < -0.3 is 19.3 Å². The van der Waals surface area contributed by atoms with Gasteiger partial charge in [-0.1, -0.05) is 24.3 Å². The zero-order valence-electron chi connectivity index (χ0n) is 20.4. The van der Waals surface area contributed by atoms with Crippen LogP contribution in [0.2, 0.25) is 0 Å². The largest absolute Gasteiger partial charge is 0.493 e. The number of likely N-dealkylation sites (tertiary alicyclic amines) is 2. The zero-order chi connectivity index (χ0) is 23.9. The van der Waals surface area contributed by atoms with Crippen LogP contribution < -0.4 is 9.47 Å². The number of para-hydroxylation sites is 1. The molecule has 0 aromatic heterocycles. The molecule has 2 aromatic carbocycles. The first-order chi connectivity index (χ1) is 16.5. The van der Waals surface area contributed by atoms with E-state index >= 15 is 0 Å². The van der Waals surface area contributed by atoms with E-state index in [1.807, 2.05) is 46.2 Å². The first-order valence-corrected chi connectivity index (χ1v) is 12.5. The van der Waals surface area contributed by atoms with Gasteiger partial charge in [0.1, 0.15) is 17.6 Å². The Morgan fingerprint density at radius 3 is 2.18 bits per heavy atom. The van der Waals surface area contributed by atoms with Gasteiger partial charge in [0, 0.05) is 44.9 Å². The minimum absolute atomic E-state index is 0.0156. The summed E-state index contributed by atoms with van der Waals surface area (Å²) < 4.78 is 11.8. The summed E-state index contributed by atoms with van der Waals surface area (Å²) in [5.41, 5.74) is 2.50. The fraction of sp³-hybridized carbons (Fsp3) is 0.500. The van der Waals surface area contributed by atoms with Crippen molar-refractivity contribution in [2.45, 2.75) is 52.1 Å². The molecule has 182 valence electrons. The molecule has 2 aliphatic rings. The molecule has 0 radical (unpaired) electrons. The maximum absolute atomic E-state index is 13.1. The van der Waals surface area contributed by atoms with Crippen molar-refractivity contribution in [1.29, 1.82) is 0 Å². The number of aryl methyl sites for hydroxylation is 2. The Labute approximate surface area is 202 Å². The van der Waals surface area contributed by atoms with Crippen LogP contribution in [0, 0.1) is 19.8 Å². The molecular weight excluding hydrogens is 428 g/mol. The number of rotatable bonds is 7. The SMILES string of the molecule is Cc1ccc(OC2CCN(C(=O)C3CCN(C(=O)CCOc4ccccc4)CC3)CC2)cc1C. The van der Waals surface area contributed by atoms with Gasteiger partial charge in [0.15, 0.2) is 0 Å². The van der Waals surface area contributed by atoms with Crippen LogP contribution in [0.5, 0.6) is 11.5 Å². The monoisotopic (exact) mass is 464 g/mol. The Bertz CT molecular complexity index is 962. The van der Waals surface area contributed by atoms with Crippen LogP contribution in [0.3, 0.4) is 0 Å². The number of piperidine rings is 2. The van der Waals surface area contributed by atoms with Gasteiger partial charge in [-0.3, -0.25) is 9.59 Å². The van der Waals surface area contributed by atoms with Crippen molar-refractivity contribution < 1.29 is 19.1 Å². The highest BCUT2D eigenvalue weighted by molar-refractivity contribution is 5.80. The number of hydrogen-bond donors (Lipinski definition) is 0. The highest BCUT2D eigenvalue weighted by atomic mass is 16.5. The molecule has 6 nitrogen and oxygen atoms in total. The summed E-state index contributed by atoms with van der Waals surface area (Å²) in [7, 11) is 0. The molecule has 2 amide bonds. The summed E-state index contributed by atoms with van der Waals surface area (Å²) in [6.45, 7) is 7.35. The first-order valence-electron chi connectivity index (χ1n) is 12.5. The molecule has 0 saturated carbocycles. The highest BCUT2D eigenvalue weighted by Gasteiger charge is 2.32. The maximum atomic E-state index is 13.1. The second kappa shape index (κ2) is 11.4. The summed E-state index contributed by atoms with van der Waals surface area (Å²) in [6.07, 6.45) is 3.71. The fourth-order valence-electron chi connectivity index (χ4n) is 4.74. The molecule has 0 N–H and O–H groups in total. The molecule has 0 atom stereocenters. The molecule has 0 aliphatic carbocycles. The van der Waals surface area contributed by atoms with Gasteiger partial charge in [-0.05, 0) is 62.1 Å². The van der Waals surface area contributed by atoms with Crippen LogP contribution in [-0.4, -0.2) is 60.5 Å². The fourth-order valence-corrected chi connectivity index (χ4v) is 4.74. The minimum atomic E-state index is 0.0156. The smallest absolute Gasteiger partial charge is 0.225 e. The number of benzene rings is 2. The van der Waals surface area contributed by atoms with E-state index in [1.54, 1.807) is 0 Å². The number of ether oxygens (including phenoxy) is 2. The molecule has 2 fully saturated rings. The highest BCUT2D eigenvalue weighted by Crippen LogP contribution is 2.25. The predicted octanol–water partition coefficient (Wildman–Crippen LogP) is 4.38. The molecule has 6 heteroatoms. The summed E-state index contributed by atoms with van der Waals surface area (Å²) in [6, 6.07) is 15.8. The van der Waals surface area contributed by atoms with Crippen LogP contribution in [0.25, 0.3) is 0 Å². The topological polar surface area (TPSA) is 59.1 Å². The second-order valence-electron chi connectivity index (χ2n) is 9.46.